The number of hydrogen-bond donors (Lipinski definition) is 1. The topological polar surface area (TPSA) is 94.4 Å². The highest BCUT2D eigenvalue weighted by Gasteiger charge is 2.45. The predicted molar refractivity (Wildman–Crippen MR) is 141 cm³/mol. The molecular weight excluding hydrogens is 470 g/mol. The number of aliphatic imine (C=N–C) groups is 1. The zero-order chi connectivity index (χ0) is 26.7. The number of allylic oxidation sites excluding steroid dienone is 2. The van der Waals surface area contributed by atoms with E-state index in [-0.39, 0.29) is 23.6 Å². The van der Waals surface area contributed by atoms with Crippen molar-refractivity contribution in [3.63, 3.8) is 0 Å². The maximum atomic E-state index is 13.8. The largest absolute Gasteiger partial charge is 0.504 e. The normalized spacial score (nSPS) is 22.1. The standard InChI is InChI=1S/C30H35NO6/c1-6-17(3)37-30(34)27-18(4)31-23-14-21(19-8-11-22(35-5)12-9-19)15-25(33)29(23)28(27)20-10-13-24(32)26(16-20)36-7-2/h8-13,16-17,21,27-28,32H,6-7,14-15H2,1-5H3/t17-,21+,27?,28+/m0/s1. The second-order valence-corrected chi connectivity index (χ2v) is 9.69. The summed E-state index contributed by atoms with van der Waals surface area (Å²) in [5.41, 5.74) is 3.64. The molecule has 4 rings (SSSR count). The molecule has 0 saturated carbocycles. The van der Waals surface area contributed by atoms with Gasteiger partial charge in [0.15, 0.2) is 17.3 Å². The first-order valence-electron chi connectivity index (χ1n) is 12.9. The number of carbonyl (C=O) groups is 2. The van der Waals surface area contributed by atoms with Gasteiger partial charge in [-0.3, -0.25) is 14.6 Å². The van der Waals surface area contributed by atoms with Gasteiger partial charge in [-0.05, 0) is 74.9 Å². The number of phenols is 1. The van der Waals surface area contributed by atoms with Crippen LogP contribution in [0.1, 0.15) is 69.9 Å². The molecule has 0 bridgehead atoms. The van der Waals surface area contributed by atoms with Crippen molar-refractivity contribution >= 4 is 17.5 Å². The van der Waals surface area contributed by atoms with E-state index in [4.69, 9.17) is 19.2 Å². The molecule has 0 radical (unpaired) electrons. The summed E-state index contributed by atoms with van der Waals surface area (Å²) in [5, 5.41) is 10.3. The Balaban J connectivity index is 1.79. The zero-order valence-corrected chi connectivity index (χ0v) is 22.1. The van der Waals surface area contributed by atoms with E-state index in [9.17, 15) is 14.7 Å². The van der Waals surface area contributed by atoms with Gasteiger partial charge in [-0.25, -0.2) is 0 Å². The van der Waals surface area contributed by atoms with Crippen molar-refractivity contribution in [2.75, 3.05) is 13.7 Å². The van der Waals surface area contributed by atoms with E-state index in [0.29, 0.717) is 54.2 Å². The van der Waals surface area contributed by atoms with Gasteiger partial charge in [0, 0.05) is 29.3 Å². The molecule has 2 aromatic rings. The van der Waals surface area contributed by atoms with Crippen LogP contribution in [-0.4, -0.2) is 42.4 Å². The molecule has 0 saturated heterocycles. The number of hydrogen-bond acceptors (Lipinski definition) is 7. The van der Waals surface area contributed by atoms with Gasteiger partial charge in [0.05, 0.1) is 19.8 Å². The van der Waals surface area contributed by atoms with Crippen LogP contribution in [0, 0.1) is 5.92 Å². The molecule has 1 N–H and O–H groups in total. The van der Waals surface area contributed by atoms with Crippen LogP contribution >= 0.6 is 0 Å². The third-order valence-electron chi connectivity index (χ3n) is 7.26. The number of carbonyl (C=O) groups excluding carboxylic acids is 2. The molecule has 2 aliphatic rings. The fourth-order valence-electron chi connectivity index (χ4n) is 5.19. The molecular formula is C30H35NO6. The van der Waals surface area contributed by atoms with Crippen LogP contribution in [-0.2, 0) is 14.3 Å². The van der Waals surface area contributed by atoms with Crippen LogP contribution in [0.3, 0.4) is 0 Å². The van der Waals surface area contributed by atoms with Crippen molar-refractivity contribution in [3.8, 4) is 17.2 Å². The summed E-state index contributed by atoms with van der Waals surface area (Å²) in [6, 6.07) is 12.8. The van der Waals surface area contributed by atoms with Gasteiger partial charge < -0.3 is 19.3 Å². The monoisotopic (exact) mass is 505 g/mol. The summed E-state index contributed by atoms with van der Waals surface area (Å²) >= 11 is 0. The molecule has 7 heteroatoms. The number of methoxy groups -OCH3 is 1. The maximum Gasteiger partial charge on any atom is 0.315 e. The van der Waals surface area contributed by atoms with Crippen LogP contribution in [0.25, 0.3) is 0 Å². The number of nitrogens with zero attached hydrogens (tertiary/aromatic N) is 1. The molecule has 0 spiro atoms. The van der Waals surface area contributed by atoms with E-state index in [1.54, 1.807) is 25.3 Å². The molecule has 1 aliphatic heterocycles. The lowest BCUT2D eigenvalue weighted by molar-refractivity contribution is -0.151. The van der Waals surface area contributed by atoms with Gasteiger partial charge in [-0.2, -0.15) is 0 Å². The molecule has 196 valence electrons. The minimum absolute atomic E-state index is 0.00859. The highest BCUT2D eigenvalue weighted by molar-refractivity contribution is 6.09. The number of rotatable bonds is 8. The first-order chi connectivity index (χ1) is 17.8. The van der Waals surface area contributed by atoms with E-state index in [1.807, 2.05) is 52.0 Å². The van der Waals surface area contributed by atoms with Crippen molar-refractivity contribution in [2.24, 2.45) is 10.9 Å². The third-order valence-corrected chi connectivity index (χ3v) is 7.26. The lowest BCUT2D eigenvalue weighted by Gasteiger charge is -2.37. The number of ketones is 1. The maximum absolute atomic E-state index is 13.8. The minimum Gasteiger partial charge on any atom is -0.504 e. The first-order valence-corrected chi connectivity index (χ1v) is 12.9. The van der Waals surface area contributed by atoms with E-state index in [1.165, 1.54) is 0 Å². The number of Topliss-reactive ketones (excluding diaryl/α,β-unsaturated/α-hetero) is 1. The van der Waals surface area contributed by atoms with Gasteiger partial charge >= 0.3 is 5.97 Å². The minimum atomic E-state index is -0.742. The summed E-state index contributed by atoms with van der Waals surface area (Å²) in [7, 11) is 1.62. The van der Waals surface area contributed by atoms with Crippen molar-refractivity contribution in [3.05, 3.63) is 64.9 Å². The van der Waals surface area contributed by atoms with E-state index in [2.05, 4.69) is 0 Å². The number of aromatic hydroxyl groups is 1. The van der Waals surface area contributed by atoms with Crippen LogP contribution in [0.4, 0.5) is 0 Å². The van der Waals surface area contributed by atoms with Gasteiger partial charge in [0.1, 0.15) is 11.7 Å². The Labute approximate surface area is 218 Å². The first kappa shape index (κ1) is 26.5. The molecule has 37 heavy (non-hydrogen) atoms. The van der Waals surface area contributed by atoms with Gasteiger partial charge in [-0.15, -0.1) is 0 Å². The molecule has 1 unspecified atom stereocenters. The van der Waals surface area contributed by atoms with Gasteiger partial charge in [0.25, 0.3) is 0 Å². The van der Waals surface area contributed by atoms with E-state index in [0.717, 1.165) is 11.3 Å². The Hall–Kier alpha value is -3.61. The van der Waals surface area contributed by atoms with Crippen molar-refractivity contribution in [1.82, 2.24) is 0 Å². The van der Waals surface area contributed by atoms with Crippen molar-refractivity contribution < 1.29 is 28.9 Å². The average Bonchev–Trinajstić information content (AvgIpc) is 2.89. The summed E-state index contributed by atoms with van der Waals surface area (Å²) in [4.78, 5) is 32.0. The van der Waals surface area contributed by atoms with Crippen LogP contribution in [0.2, 0.25) is 0 Å². The molecule has 1 heterocycles. The summed E-state index contributed by atoms with van der Waals surface area (Å²) < 4.78 is 16.6. The fraction of sp³-hybridized carbons (Fsp3) is 0.433. The quantitative estimate of drug-likeness (QED) is 0.462. The predicted octanol–water partition coefficient (Wildman–Crippen LogP) is 5.72. The van der Waals surface area contributed by atoms with Crippen molar-refractivity contribution in [2.45, 2.75) is 64.9 Å². The molecule has 0 amide bonds. The van der Waals surface area contributed by atoms with E-state index < -0.39 is 17.8 Å². The zero-order valence-electron chi connectivity index (χ0n) is 22.1. The summed E-state index contributed by atoms with van der Waals surface area (Å²) in [5.74, 6) is -0.681. The number of esters is 1. The molecule has 7 nitrogen and oxygen atoms in total. The molecule has 1 aliphatic carbocycles. The summed E-state index contributed by atoms with van der Waals surface area (Å²) in [6.07, 6.45) is 1.34. The van der Waals surface area contributed by atoms with E-state index >= 15 is 0 Å². The molecule has 0 fully saturated rings. The third kappa shape index (κ3) is 5.41. The van der Waals surface area contributed by atoms with Crippen molar-refractivity contribution in [1.29, 1.82) is 0 Å². The Morgan fingerprint density at radius 1 is 1.11 bits per heavy atom. The second kappa shape index (κ2) is 11.2. The number of phenolic OH excluding ortho intramolecular Hbond substituents is 1. The Kier molecular flexibility index (Phi) is 8.00. The van der Waals surface area contributed by atoms with Crippen LogP contribution in [0.5, 0.6) is 17.2 Å². The lowest BCUT2D eigenvalue weighted by atomic mass is 9.69. The smallest absolute Gasteiger partial charge is 0.315 e. The van der Waals surface area contributed by atoms with Crippen LogP contribution < -0.4 is 9.47 Å². The fourth-order valence-corrected chi connectivity index (χ4v) is 5.19. The highest BCUT2D eigenvalue weighted by Crippen LogP contribution is 2.48. The van der Waals surface area contributed by atoms with Crippen LogP contribution in [0.15, 0.2) is 58.7 Å². The Bertz CT molecular complexity index is 1230. The highest BCUT2D eigenvalue weighted by atomic mass is 16.5. The molecule has 2 aromatic carbocycles. The second-order valence-electron chi connectivity index (χ2n) is 9.69. The Morgan fingerprint density at radius 3 is 2.46 bits per heavy atom. The number of benzene rings is 2. The Morgan fingerprint density at radius 2 is 1.81 bits per heavy atom. The summed E-state index contributed by atoms with van der Waals surface area (Å²) in [6.45, 7) is 7.84. The molecule has 4 atom stereocenters. The van der Waals surface area contributed by atoms with Gasteiger partial charge in [-0.1, -0.05) is 25.1 Å². The lowest BCUT2D eigenvalue weighted by Crippen LogP contribution is -2.39. The number of ether oxygens (including phenoxy) is 3. The molecule has 0 aromatic heterocycles. The SMILES string of the molecule is CCOc1cc([C@H]2C3=C(C[C@@H](c4ccc(OC)cc4)CC3=O)N=C(C)C2C(=O)O[C@@H](C)CC)ccc1O. The van der Waals surface area contributed by atoms with Gasteiger partial charge in [0.2, 0.25) is 0 Å². The average molecular weight is 506 g/mol.